The van der Waals surface area contributed by atoms with Gasteiger partial charge in [-0.05, 0) is 25.0 Å². The van der Waals surface area contributed by atoms with Crippen molar-refractivity contribution in [3.63, 3.8) is 0 Å². The molecule has 0 spiro atoms. The molecule has 0 aromatic carbocycles. The van der Waals surface area contributed by atoms with Crippen molar-refractivity contribution in [1.82, 2.24) is 4.98 Å². The zero-order chi connectivity index (χ0) is 14.8. The smallest absolute Gasteiger partial charge is 0.388 e. The van der Waals surface area contributed by atoms with Crippen molar-refractivity contribution < 1.29 is 18.3 Å². The molecule has 0 atom stereocenters. The van der Waals surface area contributed by atoms with Crippen LogP contribution in [0.5, 0.6) is 0 Å². The first kappa shape index (κ1) is 14.6. The minimum absolute atomic E-state index is 0.0274. The summed E-state index contributed by atoms with van der Waals surface area (Å²) in [7, 11) is 0. The first-order valence-corrected chi connectivity index (χ1v) is 6.29. The maximum Gasteiger partial charge on any atom is 0.433 e. The third-order valence-electron chi connectivity index (χ3n) is 3.43. The van der Waals surface area contributed by atoms with E-state index in [9.17, 15) is 18.3 Å². The Kier molecular flexibility index (Phi) is 3.86. The summed E-state index contributed by atoms with van der Waals surface area (Å²) >= 11 is 0. The van der Waals surface area contributed by atoms with Crippen LogP contribution < -0.4 is 5.32 Å². The average Bonchev–Trinajstić information content (AvgIpc) is 2.82. The maximum atomic E-state index is 12.6. The molecule has 0 radical (unpaired) electrons. The van der Waals surface area contributed by atoms with Crippen LogP contribution in [0, 0.1) is 11.3 Å². The summed E-state index contributed by atoms with van der Waals surface area (Å²) in [4.78, 5) is 3.44. The van der Waals surface area contributed by atoms with Crippen molar-refractivity contribution in [2.45, 2.75) is 37.5 Å². The molecule has 0 bridgehead atoms. The fourth-order valence-electron chi connectivity index (χ4n) is 2.30. The molecule has 1 aromatic rings. The number of halogens is 3. The van der Waals surface area contributed by atoms with E-state index in [0.29, 0.717) is 12.8 Å². The summed E-state index contributed by atoms with van der Waals surface area (Å²) < 4.78 is 37.8. The second-order valence-corrected chi connectivity index (χ2v) is 4.99. The fourth-order valence-corrected chi connectivity index (χ4v) is 2.30. The van der Waals surface area contributed by atoms with Crippen LogP contribution in [0.2, 0.25) is 0 Å². The Morgan fingerprint density at radius 2 is 2.00 bits per heavy atom. The van der Waals surface area contributed by atoms with Gasteiger partial charge in [0.25, 0.3) is 0 Å². The van der Waals surface area contributed by atoms with E-state index in [0.717, 1.165) is 25.0 Å². The summed E-state index contributed by atoms with van der Waals surface area (Å²) in [6, 6.07) is 3.64. The molecule has 1 heterocycles. The molecular weight excluding hydrogens is 271 g/mol. The molecule has 108 valence electrons. The number of alkyl halides is 3. The van der Waals surface area contributed by atoms with Crippen molar-refractivity contribution in [2.24, 2.45) is 0 Å². The molecule has 0 amide bonds. The molecule has 0 unspecified atom stereocenters. The van der Waals surface area contributed by atoms with E-state index >= 15 is 0 Å². The number of rotatable bonds is 3. The predicted molar refractivity (Wildman–Crippen MR) is 65.9 cm³/mol. The molecular formula is C13H14F3N3O. The van der Waals surface area contributed by atoms with Gasteiger partial charge in [0.2, 0.25) is 0 Å². The van der Waals surface area contributed by atoms with Crippen LogP contribution in [0.4, 0.5) is 19.0 Å². The number of anilines is 1. The van der Waals surface area contributed by atoms with Gasteiger partial charge >= 0.3 is 6.18 Å². The van der Waals surface area contributed by atoms with Gasteiger partial charge in [0.05, 0.1) is 11.2 Å². The van der Waals surface area contributed by atoms with Gasteiger partial charge in [-0.25, -0.2) is 4.98 Å². The van der Waals surface area contributed by atoms with Gasteiger partial charge in [-0.15, -0.1) is 0 Å². The van der Waals surface area contributed by atoms with Gasteiger partial charge in [0, 0.05) is 6.54 Å². The predicted octanol–water partition coefficient (Wildman–Crippen LogP) is 2.69. The van der Waals surface area contributed by atoms with Crippen LogP contribution in [0.25, 0.3) is 0 Å². The highest BCUT2D eigenvalue weighted by Crippen LogP contribution is 2.31. The third-order valence-corrected chi connectivity index (χ3v) is 3.43. The van der Waals surface area contributed by atoms with Crippen LogP contribution in [-0.2, 0) is 6.18 Å². The van der Waals surface area contributed by atoms with Gasteiger partial charge in [-0.2, -0.15) is 18.4 Å². The average molecular weight is 285 g/mol. The van der Waals surface area contributed by atoms with Gasteiger partial charge in [0.15, 0.2) is 0 Å². The third kappa shape index (κ3) is 3.20. The Morgan fingerprint density at radius 3 is 2.55 bits per heavy atom. The van der Waals surface area contributed by atoms with Crippen molar-refractivity contribution in [1.29, 1.82) is 5.26 Å². The highest BCUT2D eigenvalue weighted by Gasteiger charge is 2.34. The Balaban J connectivity index is 2.19. The van der Waals surface area contributed by atoms with E-state index in [1.807, 2.05) is 0 Å². The lowest BCUT2D eigenvalue weighted by molar-refractivity contribution is -0.141. The molecule has 20 heavy (non-hydrogen) atoms. The van der Waals surface area contributed by atoms with Crippen molar-refractivity contribution >= 4 is 5.82 Å². The number of aliphatic hydroxyl groups is 1. The SMILES string of the molecule is N#Cc1ccc(C(F)(F)F)nc1NCC1(O)CCCC1. The number of aromatic nitrogens is 1. The Bertz CT molecular complexity index is 531. The van der Waals surface area contributed by atoms with Gasteiger partial charge in [-0.1, -0.05) is 12.8 Å². The zero-order valence-electron chi connectivity index (χ0n) is 10.7. The topological polar surface area (TPSA) is 68.9 Å². The summed E-state index contributed by atoms with van der Waals surface area (Å²) in [6.45, 7) is 0.0932. The molecule has 1 fully saturated rings. The lowest BCUT2D eigenvalue weighted by atomic mass is 10.0. The normalized spacial score (nSPS) is 17.8. The molecule has 0 aliphatic heterocycles. The highest BCUT2D eigenvalue weighted by molar-refractivity contribution is 5.52. The molecule has 1 aliphatic rings. The Hall–Kier alpha value is -1.81. The number of pyridine rings is 1. The van der Waals surface area contributed by atoms with Crippen LogP contribution >= 0.6 is 0 Å². The first-order valence-electron chi connectivity index (χ1n) is 6.29. The standard InChI is InChI=1S/C13H14F3N3O/c14-13(15,16)10-4-3-9(7-17)11(19-10)18-8-12(20)5-1-2-6-12/h3-4,20H,1-2,5-6,8H2,(H,18,19). The summed E-state index contributed by atoms with van der Waals surface area (Å²) in [5.74, 6) is -0.136. The fraction of sp³-hybridized carbons (Fsp3) is 0.538. The largest absolute Gasteiger partial charge is 0.433 e. The highest BCUT2D eigenvalue weighted by atomic mass is 19.4. The minimum Gasteiger partial charge on any atom is -0.388 e. The van der Waals surface area contributed by atoms with Crippen molar-refractivity contribution in [3.8, 4) is 6.07 Å². The van der Waals surface area contributed by atoms with E-state index in [4.69, 9.17) is 5.26 Å². The van der Waals surface area contributed by atoms with E-state index < -0.39 is 17.5 Å². The first-order chi connectivity index (χ1) is 9.34. The number of hydrogen-bond donors (Lipinski definition) is 2. The molecule has 0 saturated heterocycles. The number of hydrogen-bond acceptors (Lipinski definition) is 4. The zero-order valence-corrected chi connectivity index (χ0v) is 10.7. The van der Waals surface area contributed by atoms with E-state index in [-0.39, 0.29) is 17.9 Å². The summed E-state index contributed by atoms with van der Waals surface area (Å²) in [6.07, 6.45) is -1.59. The maximum absolute atomic E-state index is 12.6. The monoisotopic (exact) mass is 285 g/mol. The molecule has 2 N–H and O–H groups in total. The second kappa shape index (κ2) is 5.29. The Morgan fingerprint density at radius 1 is 1.35 bits per heavy atom. The number of nitriles is 1. The van der Waals surface area contributed by atoms with Crippen LogP contribution in [0.3, 0.4) is 0 Å². The molecule has 1 aromatic heterocycles. The summed E-state index contributed by atoms with van der Waals surface area (Å²) in [5, 5.41) is 21.7. The van der Waals surface area contributed by atoms with E-state index in [2.05, 4.69) is 10.3 Å². The summed E-state index contributed by atoms with van der Waals surface area (Å²) in [5.41, 5.74) is -1.96. The van der Waals surface area contributed by atoms with E-state index in [1.54, 1.807) is 6.07 Å². The Labute approximate surface area is 114 Å². The van der Waals surface area contributed by atoms with Crippen LogP contribution in [0.1, 0.15) is 36.9 Å². The quantitative estimate of drug-likeness (QED) is 0.896. The van der Waals surface area contributed by atoms with Gasteiger partial charge < -0.3 is 10.4 Å². The van der Waals surface area contributed by atoms with Crippen molar-refractivity contribution in [3.05, 3.63) is 23.4 Å². The van der Waals surface area contributed by atoms with Crippen LogP contribution in [-0.4, -0.2) is 22.2 Å². The van der Waals surface area contributed by atoms with Gasteiger partial charge in [0.1, 0.15) is 17.6 Å². The lowest BCUT2D eigenvalue weighted by Crippen LogP contribution is -2.34. The van der Waals surface area contributed by atoms with Crippen molar-refractivity contribution in [2.75, 3.05) is 11.9 Å². The van der Waals surface area contributed by atoms with Gasteiger partial charge in [-0.3, -0.25) is 0 Å². The molecule has 2 rings (SSSR count). The van der Waals surface area contributed by atoms with Crippen LogP contribution in [0.15, 0.2) is 12.1 Å². The minimum atomic E-state index is -4.56. The molecule has 7 heteroatoms. The number of nitrogens with zero attached hydrogens (tertiary/aromatic N) is 2. The molecule has 1 saturated carbocycles. The second-order valence-electron chi connectivity index (χ2n) is 4.99. The molecule has 4 nitrogen and oxygen atoms in total. The van der Waals surface area contributed by atoms with E-state index in [1.165, 1.54) is 0 Å². The molecule has 1 aliphatic carbocycles. The number of nitrogens with one attached hydrogen (secondary N) is 1. The lowest BCUT2D eigenvalue weighted by Gasteiger charge is -2.23.